The molecule has 1 saturated carbocycles. The number of hydrogen-bond donors (Lipinski definition) is 2. The van der Waals surface area contributed by atoms with E-state index in [1.54, 1.807) is 5.48 Å². The van der Waals surface area contributed by atoms with Gasteiger partial charge in [-0.2, -0.15) is 0 Å². The first-order valence-electron chi connectivity index (χ1n) is 4.68. The number of amides is 1. The molecule has 2 atom stereocenters. The summed E-state index contributed by atoms with van der Waals surface area (Å²) >= 11 is 0. The van der Waals surface area contributed by atoms with Crippen molar-refractivity contribution in [3.63, 3.8) is 0 Å². The SMILES string of the molecule is CC1(C(=O)NO)CC1c1ccccc1. The Labute approximate surface area is 82.7 Å². The van der Waals surface area contributed by atoms with Crippen molar-refractivity contribution in [2.75, 3.05) is 0 Å². The van der Waals surface area contributed by atoms with Crippen LogP contribution in [0.25, 0.3) is 0 Å². The highest BCUT2D eigenvalue weighted by molar-refractivity contribution is 5.85. The molecule has 3 heteroatoms. The monoisotopic (exact) mass is 191 g/mol. The number of rotatable bonds is 2. The van der Waals surface area contributed by atoms with Gasteiger partial charge >= 0.3 is 0 Å². The lowest BCUT2D eigenvalue weighted by molar-refractivity contribution is -0.134. The van der Waals surface area contributed by atoms with Crippen LogP contribution in [0.15, 0.2) is 30.3 Å². The summed E-state index contributed by atoms with van der Waals surface area (Å²) in [6.45, 7) is 1.87. The van der Waals surface area contributed by atoms with Crippen LogP contribution in [0, 0.1) is 5.41 Å². The van der Waals surface area contributed by atoms with E-state index in [2.05, 4.69) is 0 Å². The zero-order valence-corrected chi connectivity index (χ0v) is 8.03. The summed E-state index contributed by atoms with van der Waals surface area (Å²) in [6.07, 6.45) is 0.809. The summed E-state index contributed by atoms with van der Waals surface area (Å²) in [4.78, 5) is 11.3. The van der Waals surface area contributed by atoms with Crippen LogP contribution >= 0.6 is 0 Å². The van der Waals surface area contributed by atoms with Gasteiger partial charge in [0.2, 0.25) is 5.91 Å². The van der Waals surface area contributed by atoms with Crippen LogP contribution in [-0.4, -0.2) is 11.1 Å². The first-order valence-corrected chi connectivity index (χ1v) is 4.68. The maximum absolute atomic E-state index is 11.3. The molecule has 2 N–H and O–H groups in total. The molecule has 0 radical (unpaired) electrons. The topological polar surface area (TPSA) is 49.3 Å². The lowest BCUT2D eigenvalue weighted by Gasteiger charge is -2.08. The van der Waals surface area contributed by atoms with Gasteiger partial charge in [-0.05, 0) is 17.9 Å². The molecule has 1 aliphatic rings. The third-order valence-electron chi connectivity index (χ3n) is 3.06. The summed E-state index contributed by atoms with van der Waals surface area (Å²) in [5, 5.41) is 8.58. The molecule has 1 aromatic carbocycles. The van der Waals surface area contributed by atoms with E-state index in [0.717, 1.165) is 6.42 Å². The van der Waals surface area contributed by atoms with E-state index in [-0.39, 0.29) is 11.8 Å². The van der Waals surface area contributed by atoms with Crippen LogP contribution in [0.1, 0.15) is 24.8 Å². The van der Waals surface area contributed by atoms with Gasteiger partial charge in [0.15, 0.2) is 0 Å². The Bertz CT molecular complexity index is 350. The maximum atomic E-state index is 11.3. The first-order chi connectivity index (χ1) is 6.68. The highest BCUT2D eigenvalue weighted by atomic mass is 16.5. The fourth-order valence-corrected chi connectivity index (χ4v) is 1.91. The van der Waals surface area contributed by atoms with Crippen LogP contribution < -0.4 is 5.48 Å². The van der Waals surface area contributed by atoms with Crippen molar-refractivity contribution in [3.8, 4) is 0 Å². The molecule has 3 nitrogen and oxygen atoms in total. The van der Waals surface area contributed by atoms with E-state index in [0.29, 0.717) is 0 Å². The van der Waals surface area contributed by atoms with Gasteiger partial charge in [0.25, 0.3) is 0 Å². The number of hydroxylamine groups is 1. The number of carbonyl (C=O) groups excluding carboxylic acids is 1. The quantitative estimate of drug-likeness (QED) is 0.552. The molecule has 1 fully saturated rings. The van der Waals surface area contributed by atoms with Crippen molar-refractivity contribution < 1.29 is 10.0 Å². The minimum Gasteiger partial charge on any atom is -0.289 e. The molecule has 0 saturated heterocycles. The molecule has 74 valence electrons. The maximum Gasteiger partial charge on any atom is 0.249 e. The van der Waals surface area contributed by atoms with Crippen molar-refractivity contribution in [3.05, 3.63) is 35.9 Å². The summed E-state index contributed by atoms with van der Waals surface area (Å²) in [7, 11) is 0. The van der Waals surface area contributed by atoms with Gasteiger partial charge in [-0.15, -0.1) is 0 Å². The van der Waals surface area contributed by atoms with Gasteiger partial charge in [0.05, 0.1) is 5.41 Å². The van der Waals surface area contributed by atoms with Crippen LogP contribution in [-0.2, 0) is 4.79 Å². The van der Waals surface area contributed by atoms with Gasteiger partial charge in [0, 0.05) is 0 Å². The Hall–Kier alpha value is -1.35. The molecule has 2 unspecified atom stereocenters. The zero-order chi connectivity index (χ0) is 10.2. The fraction of sp³-hybridized carbons (Fsp3) is 0.364. The summed E-state index contributed by atoms with van der Waals surface area (Å²) in [6, 6.07) is 9.91. The normalized spacial score (nSPS) is 29.7. The Morgan fingerprint density at radius 3 is 2.71 bits per heavy atom. The second-order valence-corrected chi connectivity index (χ2v) is 4.03. The zero-order valence-electron chi connectivity index (χ0n) is 8.03. The predicted octanol–water partition coefficient (Wildman–Crippen LogP) is 1.69. The van der Waals surface area contributed by atoms with E-state index < -0.39 is 5.41 Å². The lowest BCUT2D eigenvalue weighted by Crippen LogP contribution is -2.28. The van der Waals surface area contributed by atoms with Gasteiger partial charge in [-0.1, -0.05) is 37.3 Å². The summed E-state index contributed by atoms with van der Waals surface area (Å²) in [5.41, 5.74) is 2.47. The Balaban J connectivity index is 2.16. The minimum absolute atomic E-state index is 0.246. The molecule has 0 aliphatic heterocycles. The Morgan fingerprint density at radius 1 is 1.50 bits per heavy atom. The minimum atomic E-state index is -0.421. The lowest BCUT2D eigenvalue weighted by atomic mass is 10.0. The van der Waals surface area contributed by atoms with Crippen LogP contribution in [0.4, 0.5) is 0 Å². The molecule has 2 rings (SSSR count). The van der Waals surface area contributed by atoms with Gasteiger partial charge in [-0.3, -0.25) is 10.0 Å². The molecule has 1 aliphatic carbocycles. The number of benzene rings is 1. The Morgan fingerprint density at radius 2 is 2.14 bits per heavy atom. The van der Waals surface area contributed by atoms with Crippen molar-refractivity contribution in [1.82, 2.24) is 5.48 Å². The second kappa shape index (κ2) is 3.10. The number of nitrogens with one attached hydrogen (secondary N) is 1. The molecule has 1 aromatic rings. The Kier molecular flexibility index (Phi) is 2.04. The average Bonchev–Trinajstić information content (AvgIpc) is 2.92. The van der Waals surface area contributed by atoms with Gasteiger partial charge in [-0.25, -0.2) is 5.48 Å². The number of hydrogen-bond acceptors (Lipinski definition) is 2. The van der Waals surface area contributed by atoms with Crippen molar-refractivity contribution in [2.24, 2.45) is 5.41 Å². The van der Waals surface area contributed by atoms with Crippen molar-refractivity contribution in [2.45, 2.75) is 19.3 Å². The molecular formula is C11H13NO2. The highest BCUT2D eigenvalue weighted by Gasteiger charge is 2.56. The van der Waals surface area contributed by atoms with Crippen molar-refractivity contribution >= 4 is 5.91 Å². The van der Waals surface area contributed by atoms with E-state index >= 15 is 0 Å². The van der Waals surface area contributed by atoms with E-state index in [1.165, 1.54) is 5.56 Å². The standard InChI is InChI=1S/C11H13NO2/c1-11(10(13)12-14)7-9(11)8-5-3-2-4-6-8/h2-6,9,14H,7H2,1H3,(H,12,13). The van der Waals surface area contributed by atoms with Crippen molar-refractivity contribution in [1.29, 1.82) is 0 Å². The third-order valence-corrected chi connectivity index (χ3v) is 3.06. The van der Waals surface area contributed by atoms with Gasteiger partial charge in [0.1, 0.15) is 0 Å². The third kappa shape index (κ3) is 1.30. The smallest absolute Gasteiger partial charge is 0.249 e. The molecule has 0 heterocycles. The van der Waals surface area contributed by atoms with E-state index in [9.17, 15) is 4.79 Å². The molecule has 14 heavy (non-hydrogen) atoms. The number of carbonyl (C=O) groups is 1. The average molecular weight is 191 g/mol. The highest BCUT2D eigenvalue weighted by Crippen LogP contribution is 2.58. The molecule has 0 bridgehead atoms. The predicted molar refractivity (Wildman–Crippen MR) is 51.8 cm³/mol. The summed E-state index contributed by atoms with van der Waals surface area (Å²) < 4.78 is 0. The first kappa shape index (κ1) is 9.21. The van der Waals surface area contributed by atoms with E-state index in [4.69, 9.17) is 5.21 Å². The molecule has 1 amide bonds. The molecule has 0 aromatic heterocycles. The van der Waals surface area contributed by atoms with Crippen LogP contribution in [0.5, 0.6) is 0 Å². The fourth-order valence-electron chi connectivity index (χ4n) is 1.91. The molecular weight excluding hydrogens is 178 g/mol. The van der Waals surface area contributed by atoms with Crippen LogP contribution in [0.2, 0.25) is 0 Å². The van der Waals surface area contributed by atoms with Crippen LogP contribution in [0.3, 0.4) is 0 Å². The van der Waals surface area contributed by atoms with E-state index in [1.807, 2.05) is 37.3 Å². The molecule has 0 spiro atoms. The second-order valence-electron chi connectivity index (χ2n) is 4.03. The largest absolute Gasteiger partial charge is 0.289 e. The summed E-state index contributed by atoms with van der Waals surface area (Å²) in [5.74, 6) is -0.0396. The van der Waals surface area contributed by atoms with Gasteiger partial charge < -0.3 is 0 Å².